The molecule has 0 atom stereocenters. The molecule has 0 aromatic heterocycles. The van der Waals surface area contributed by atoms with Crippen molar-refractivity contribution < 1.29 is 24.6 Å². The summed E-state index contributed by atoms with van der Waals surface area (Å²) in [7, 11) is -11.0. The first-order valence-electron chi connectivity index (χ1n) is 5.25. The number of rotatable bonds is 8. The van der Waals surface area contributed by atoms with Crippen LogP contribution in [0.2, 0.25) is 12.1 Å². The Balaban J connectivity index is 3.44. The van der Waals surface area contributed by atoms with Crippen molar-refractivity contribution in [2.75, 3.05) is 13.1 Å². The molecule has 0 saturated heterocycles. The van der Waals surface area contributed by atoms with Gasteiger partial charge in [-0.1, -0.05) is 0 Å². The first-order chi connectivity index (χ1) is 8.10. The van der Waals surface area contributed by atoms with Crippen molar-refractivity contribution in [1.29, 1.82) is 0 Å². The average molecular weight is 328 g/mol. The summed E-state index contributed by atoms with van der Waals surface area (Å²) in [6, 6.07) is -1.55. The maximum absolute atomic E-state index is 11.9. The quantitative estimate of drug-likeness (QED) is 0.236. The van der Waals surface area contributed by atoms with Gasteiger partial charge in [-0.25, -0.2) is 24.6 Å². The normalized spacial score (nSPS) is 12.3. The second-order valence-corrected chi connectivity index (χ2v) is 7.49. The van der Waals surface area contributed by atoms with Crippen LogP contribution >= 0.6 is 12.2 Å². The van der Waals surface area contributed by atoms with E-state index in [1.54, 1.807) is 0 Å². The molecule has 0 heterocycles. The monoisotopic (exact) mass is 328 g/mol. The van der Waals surface area contributed by atoms with E-state index in [1.807, 2.05) is 0 Å². The van der Waals surface area contributed by atoms with Crippen LogP contribution in [0.15, 0.2) is 0 Å². The van der Waals surface area contributed by atoms with Gasteiger partial charge in [0.05, 0.1) is 0 Å². The summed E-state index contributed by atoms with van der Waals surface area (Å²) in [5.41, 5.74) is 0. The van der Waals surface area contributed by atoms with Gasteiger partial charge in [-0.15, -0.1) is 0 Å². The van der Waals surface area contributed by atoms with Crippen LogP contribution in [0.4, 0.5) is 24.6 Å². The highest BCUT2D eigenvalue weighted by molar-refractivity contribution is 7.80. The van der Waals surface area contributed by atoms with Gasteiger partial charge in [-0.05, 0) is 25.1 Å². The van der Waals surface area contributed by atoms with E-state index >= 15 is 0 Å². The van der Waals surface area contributed by atoms with Crippen LogP contribution in [0.5, 0.6) is 0 Å². The molecule has 11 heteroatoms. The van der Waals surface area contributed by atoms with Gasteiger partial charge in [-0.2, -0.15) is 0 Å². The predicted octanol–water partition coefficient (Wildman–Crippen LogP) is 2.93. The number of hydrogen-bond donors (Lipinski definition) is 2. The van der Waals surface area contributed by atoms with Crippen LogP contribution in [0, 0.1) is 0 Å². The van der Waals surface area contributed by atoms with E-state index in [9.17, 15) is 24.6 Å². The molecule has 0 fully saturated rings. The molecule has 108 valence electrons. The summed E-state index contributed by atoms with van der Waals surface area (Å²) in [6.45, 7) is 0.152. The predicted molar refractivity (Wildman–Crippen MR) is 65.6 cm³/mol. The van der Waals surface area contributed by atoms with Crippen molar-refractivity contribution in [1.82, 2.24) is 10.6 Å². The molecular weight excluding hydrogens is 314 g/mol. The third-order valence-corrected chi connectivity index (χ3v) is 3.97. The molecule has 0 bridgehead atoms. The minimum Gasteiger partial charge on any atom is -0.363 e. The van der Waals surface area contributed by atoms with E-state index in [0.717, 1.165) is 0 Å². The number of thiocarbonyl (C=S) groups is 1. The Labute approximate surface area is 109 Å². The third kappa shape index (κ3) is 13.8. The largest absolute Gasteiger partial charge is 0.616 e. The van der Waals surface area contributed by atoms with E-state index in [-0.39, 0.29) is 31.0 Å². The van der Waals surface area contributed by atoms with Crippen molar-refractivity contribution in [3.05, 3.63) is 0 Å². The molecule has 2 nitrogen and oxygen atoms in total. The molecule has 0 aromatic rings. The van der Waals surface area contributed by atoms with Crippen molar-refractivity contribution in [2.45, 2.75) is 24.9 Å². The summed E-state index contributed by atoms with van der Waals surface area (Å²) in [5.74, 6) is 0. The molecule has 0 aliphatic heterocycles. The minimum absolute atomic E-state index is 0.0625. The zero-order chi connectivity index (χ0) is 14.2. The minimum atomic E-state index is -5.51. The first-order valence-corrected chi connectivity index (χ1v) is 9.34. The maximum atomic E-state index is 11.9. The first kappa shape index (κ1) is 17.7. The van der Waals surface area contributed by atoms with Gasteiger partial charge in [0, 0.05) is 25.2 Å². The van der Waals surface area contributed by atoms with Crippen LogP contribution < -0.4 is 10.6 Å². The van der Waals surface area contributed by atoms with Gasteiger partial charge in [0.1, 0.15) is 0 Å². The van der Waals surface area contributed by atoms with Gasteiger partial charge in [0.15, 0.2) is 5.11 Å². The highest BCUT2D eigenvalue weighted by Crippen LogP contribution is 2.16. The van der Waals surface area contributed by atoms with Crippen molar-refractivity contribution in [2.24, 2.45) is 0 Å². The highest BCUT2D eigenvalue weighted by atomic mass is 32.1. The van der Waals surface area contributed by atoms with Crippen molar-refractivity contribution >= 4 is 35.5 Å². The summed E-state index contributed by atoms with van der Waals surface area (Å²) in [4.78, 5) is 0. The molecule has 0 aliphatic rings. The summed E-state index contributed by atoms with van der Waals surface area (Å²) < 4.78 is 71.4. The lowest BCUT2D eigenvalue weighted by Crippen LogP contribution is -2.37. The lowest BCUT2D eigenvalue weighted by molar-refractivity contribution is 0.462. The fourth-order valence-electron chi connectivity index (χ4n) is 1.04. The smallest absolute Gasteiger partial charge is 0.363 e. The Bertz CT molecular complexity index is 233. The second-order valence-electron chi connectivity index (χ2n) is 3.62. The fraction of sp³-hybridized carbons (Fsp3) is 0.857. The molecular formula is C7H14F6N2SSi2. The van der Waals surface area contributed by atoms with Crippen LogP contribution in [0.3, 0.4) is 0 Å². The van der Waals surface area contributed by atoms with Gasteiger partial charge >= 0.3 is 18.2 Å². The van der Waals surface area contributed by atoms with E-state index in [0.29, 0.717) is 0 Å². The summed E-state index contributed by atoms with van der Waals surface area (Å²) in [5, 5.41) is 5.15. The van der Waals surface area contributed by atoms with Crippen molar-refractivity contribution in [3.8, 4) is 0 Å². The maximum Gasteiger partial charge on any atom is 0.616 e. The van der Waals surface area contributed by atoms with Gasteiger partial charge < -0.3 is 10.6 Å². The van der Waals surface area contributed by atoms with Crippen LogP contribution in [-0.2, 0) is 0 Å². The number of halogens is 6. The molecule has 2 N–H and O–H groups in total. The molecule has 0 amide bonds. The topological polar surface area (TPSA) is 24.1 Å². The lowest BCUT2D eigenvalue weighted by Gasteiger charge is -2.10. The Kier molecular flexibility index (Phi) is 7.86. The molecule has 0 rings (SSSR count). The van der Waals surface area contributed by atoms with E-state index < -0.39 is 30.2 Å². The van der Waals surface area contributed by atoms with Gasteiger partial charge in [0.2, 0.25) is 0 Å². The highest BCUT2D eigenvalue weighted by Gasteiger charge is 2.35. The SMILES string of the molecule is F[Si](F)(F)CCCNC(=S)NCCC[Si](F)(F)F. The third-order valence-electron chi connectivity index (χ3n) is 1.85. The Morgan fingerprint density at radius 2 is 1.11 bits per heavy atom. The van der Waals surface area contributed by atoms with Crippen LogP contribution in [0.25, 0.3) is 0 Å². The number of nitrogens with one attached hydrogen (secondary N) is 2. The zero-order valence-electron chi connectivity index (χ0n) is 9.42. The Morgan fingerprint density at radius 3 is 1.39 bits per heavy atom. The molecule has 0 spiro atoms. The van der Waals surface area contributed by atoms with Gasteiger partial charge in [-0.3, -0.25) is 0 Å². The molecule has 0 unspecified atom stereocenters. The summed E-state index contributed by atoms with van der Waals surface area (Å²) >= 11 is 4.71. The van der Waals surface area contributed by atoms with Crippen LogP contribution in [0.1, 0.15) is 12.8 Å². The molecule has 0 aliphatic carbocycles. The Hall–Kier alpha value is -0.296. The van der Waals surface area contributed by atoms with Gasteiger partial charge in [0.25, 0.3) is 0 Å². The molecule has 0 aromatic carbocycles. The Morgan fingerprint density at radius 1 is 0.778 bits per heavy atom. The van der Waals surface area contributed by atoms with E-state index in [2.05, 4.69) is 10.6 Å². The van der Waals surface area contributed by atoms with E-state index in [1.165, 1.54) is 0 Å². The molecule has 18 heavy (non-hydrogen) atoms. The summed E-state index contributed by atoms with van der Waals surface area (Å²) in [6.07, 6.45) is -0.125. The standard InChI is InChI=1S/C7H14F6N2SSi2/c8-17(9,10)5-1-3-14-7(16)15-4-2-6-18(11,12)13/h1-6H2,(H2,14,15,16). The number of hydrogen-bond acceptors (Lipinski definition) is 1. The van der Waals surface area contributed by atoms with Crippen LogP contribution in [-0.4, -0.2) is 36.4 Å². The zero-order valence-corrected chi connectivity index (χ0v) is 12.2. The lowest BCUT2D eigenvalue weighted by atomic mass is 10.5. The average Bonchev–Trinajstić information content (AvgIpc) is 2.17. The molecule has 0 radical (unpaired) electrons. The van der Waals surface area contributed by atoms with E-state index in [4.69, 9.17) is 12.2 Å². The van der Waals surface area contributed by atoms with Crippen molar-refractivity contribution in [3.63, 3.8) is 0 Å². The molecule has 0 saturated carbocycles. The second kappa shape index (κ2) is 7.99. The fourth-order valence-corrected chi connectivity index (χ4v) is 2.40.